The molecule has 16 heavy (non-hydrogen) atoms. The summed E-state index contributed by atoms with van der Waals surface area (Å²) >= 11 is 0. The van der Waals surface area contributed by atoms with Gasteiger partial charge in [0, 0.05) is 5.92 Å². The highest BCUT2D eigenvalue weighted by atomic mass is 14.2. The van der Waals surface area contributed by atoms with E-state index in [1.54, 1.807) is 0 Å². The predicted molar refractivity (Wildman–Crippen MR) is 69.7 cm³/mol. The molecule has 2 aromatic carbocycles. The van der Waals surface area contributed by atoms with Crippen molar-refractivity contribution in [3.05, 3.63) is 60.2 Å². The third-order valence-electron chi connectivity index (χ3n) is 3.46. The average molecular weight is 208 g/mol. The molecule has 1 aliphatic carbocycles. The van der Waals surface area contributed by atoms with Gasteiger partial charge < -0.3 is 0 Å². The fourth-order valence-corrected chi connectivity index (χ4v) is 2.53. The van der Waals surface area contributed by atoms with E-state index in [0.717, 1.165) is 0 Å². The van der Waals surface area contributed by atoms with Crippen LogP contribution in [0.3, 0.4) is 0 Å². The number of rotatable bonds is 1. The number of hydrogen-bond donors (Lipinski definition) is 0. The van der Waals surface area contributed by atoms with Gasteiger partial charge in [0.25, 0.3) is 0 Å². The van der Waals surface area contributed by atoms with Gasteiger partial charge in [-0.1, -0.05) is 54.6 Å². The monoisotopic (exact) mass is 208 g/mol. The van der Waals surface area contributed by atoms with E-state index in [0.29, 0.717) is 5.92 Å². The van der Waals surface area contributed by atoms with Crippen LogP contribution in [0.15, 0.2) is 54.6 Å². The largest absolute Gasteiger partial charge is 0.0879 e. The van der Waals surface area contributed by atoms with Crippen LogP contribution in [-0.4, -0.2) is 0 Å². The van der Waals surface area contributed by atoms with Gasteiger partial charge in [-0.3, -0.25) is 0 Å². The van der Waals surface area contributed by atoms with Crippen molar-refractivity contribution < 1.29 is 0 Å². The van der Waals surface area contributed by atoms with Crippen molar-refractivity contribution in [2.24, 2.45) is 0 Å². The topological polar surface area (TPSA) is 0 Å². The van der Waals surface area contributed by atoms with Crippen molar-refractivity contribution in [2.75, 3.05) is 0 Å². The molecule has 0 N–H and O–H groups in total. The zero-order valence-electron chi connectivity index (χ0n) is 9.39. The molecule has 0 saturated heterocycles. The Labute approximate surface area is 96.6 Å². The molecule has 0 heterocycles. The quantitative estimate of drug-likeness (QED) is 0.598. The zero-order chi connectivity index (χ0) is 10.8. The lowest BCUT2D eigenvalue weighted by atomic mass is 9.88. The van der Waals surface area contributed by atoms with Crippen LogP contribution in [0.2, 0.25) is 0 Å². The minimum absolute atomic E-state index is 0.637. The molecule has 0 bridgehead atoms. The molecule has 1 unspecified atom stereocenters. The van der Waals surface area contributed by atoms with E-state index in [4.69, 9.17) is 0 Å². The fourth-order valence-electron chi connectivity index (χ4n) is 2.53. The SMILES string of the molecule is C1=CC(c2ccc3ccccc3c2)CCC1. The van der Waals surface area contributed by atoms with Gasteiger partial charge in [0.15, 0.2) is 0 Å². The summed E-state index contributed by atoms with van der Waals surface area (Å²) in [6.07, 6.45) is 8.57. The summed E-state index contributed by atoms with van der Waals surface area (Å²) in [5.41, 5.74) is 1.47. The van der Waals surface area contributed by atoms with Gasteiger partial charge >= 0.3 is 0 Å². The van der Waals surface area contributed by atoms with Crippen LogP contribution in [0.1, 0.15) is 30.7 Å². The smallest absolute Gasteiger partial charge is 0.00183 e. The molecule has 0 spiro atoms. The van der Waals surface area contributed by atoms with Crippen LogP contribution in [0.4, 0.5) is 0 Å². The summed E-state index contributed by atoms with van der Waals surface area (Å²) in [6.45, 7) is 0. The second-order valence-corrected chi connectivity index (χ2v) is 4.57. The molecule has 1 aliphatic rings. The van der Waals surface area contributed by atoms with E-state index in [9.17, 15) is 0 Å². The van der Waals surface area contributed by atoms with Gasteiger partial charge in [-0.15, -0.1) is 0 Å². The molecule has 0 radical (unpaired) electrons. The van der Waals surface area contributed by atoms with Crippen molar-refractivity contribution in [3.63, 3.8) is 0 Å². The maximum atomic E-state index is 2.37. The maximum absolute atomic E-state index is 2.37. The van der Waals surface area contributed by atoms with Crippen molar-refractivity contribution in [2.45, 2.75) is 25.2 Å². The van der Waals surface area contributed by atoms with Crippen LogP contribution in [0.5, 0.6) is 0 Å². The molecule has 3 rings (SSSR count). The number of hydrogen-bond acceptors (Lipinski definition) is 0. The molecule has 0 aromatic heterocycles. The normalized spacial score (nSPS) is 20.1. The third kappa shape index (κ3) is 1.76. The van der Waals surface area contributed by atoms with Gasteiger partial charge in [0.1, 0.15) is 0 Å². The molecule has 80 valence electrons. The van der Waals surface area contributed by atoms with Gasteiger partial charge in [-0.05, 0) is 35.6 Å². The lowest BCUT2D eigenvalue weighted by Crippen LogP contribution is -1.98. The Balaban J connectivity index is 2.04. The van der Waals surface area contributed by atoms with Crippen molar-refractivity contribution >= 4 is 10.8 Å². The van der Waals surface area contributed by atoms with Gasteiger partial charge in [0.05, 0.1) is 0 Å². The molecule has 0 saturated carbocycles. The Morgan fingerprint density at radius 3 is 2.62 bits per heavy atom. The van der Waals surface area contributed by atoms with Crippen LogP contribution in [-0.2, 0) is 0 Å². The number of benzene rings is 2. The summed E-state index contributed by atoms with van der Waals surface area (Å²) in [4.78, 5) is 0. The Kier molecular flexibility index (Phi) is 2.49. The second-order valence-electron chi connectivity index (χ2n) is 4.57. The highest BCUT2D eigenvalue weighted by Crippen LogP contribution is 2.29. The van der Waals surface area contributed by atoms with Crippen molar-refractivity contribution in [3.8, 4) is 0 Å². The first kappa shape index (κ1) is 9.65. The molecule has 0 nitrogen and oxygen atoms in total. The molecule has 0 fully saturated rings. The van der Waals surface area contributed by atoms with Crippen molar-refractivity contribution in [1.29, 1.82) is 0 Å². The summed E-state index contributed by atoms with van der Waals surface area (Å²) in [6, 6.07) is 15.5. The standard InChI is InChI=1S/C16H16/c1-2-6-13(7-3-1)16-11-10-14-8-4-5-9-15(14)12-16/h2,4-6,8-13H,1,3,7H2. The molecular formula is C16H16. The van der Waals surface area contributed by atoms with Crippen LogP contribution in [0, 0.1) is 0 Å². The first-order chi connectivity index (χ1) is 7.93. The van der Waals surface area contributed by atoms with E-state index in [1.807, 2.05) is 0 Å². The summed E-state index contributed by atoms with van der Waals surface area (Å²) in [5, 5.41) is 2.70. The summed E-state index contributed by atoms with van der Waals surface area (Å²) in [5.74, 6) is 0.637. The predicted octanol–water partition coefficient (Wildman–Crippen LogP) is 4.66. The third-order valence-corrected chi connectivity index (χ3v) is 3.46. The summed E-state index contributed by atoms with van der Waals surface area (Å²) in [7, 11) is 0. The highest BCUT2D eigenvalue weighted by Gasteiger charge is 2.10. The molecule has 0 heteroatoms. The lowest BCUT2D eigenvalue weighted by molar-refractivity contribution is 0.655. The molecular weight excluding hydrogens is 192 g/mol. The highest BCUT2D eigenvalue weighted by molar-refractivity contribution is 5.83. The maximum Gasteiger partial charge on any atom is 0.00183 e. The first-order valence-electron chi connectivity index (χ1n) is 6.09. The van der Waals surface area contributed by atoms with Crippen LogP contribution < -0.4 is 0 Å². The Hall–Kier alpha value is -1.56. The minimum atomic E-state index is 0.637. The van der Waals surface area contributed by atoms with Gasteiger partial charge in [-0.2, -0.15) is 0 Å². The fraction of sp³-hybridized carbons (Fsp3) is 0.250. The lowest BCUT2D eigenvalue weighted by Gasteiger charge is -2.17. The minimum Gasteiger partial charge on any atom is -0.0879 e. The van der Waals surface area contributed by atoms with E-state index in [1.165, 1.54) is 35.6 Å². The number of allylic oxidation sites excluding steroid dienone is 2. The average Bonchev–Trinajstić information content (AvgIpc) is 2.39. The number of fused-ring (bicyclic) bond motifs is 1. The first-order valence-corrected chi connectivity index (χ1v) is 6.09. The van der Waals surface area contributed by atoms with E-state index in [-0.39, 0.29) is 0 Å². The Bertz CT molecular complexity index is 522. The van der Waals surface area contributed by atoms with Crippen molar-refractivity contribution in [1.82, 2.24) is 0 Å². The van der Waals surface area contributed by atoms with Gasteiger partial charge in [0.2, 0.25) is 0 Å². The molecule has 0 amide bonds. The Morgan fingerprint density at radius 1 is 0.938 bits per heavy atom. The van der Waals surface area contributed by atoms with E-state index >= 15 is 0 Å². The second kappa shape index (κ2) is 4.13. The van der Waals surface area contributed by atoms with Gasteiger partial charge in [-0.25, -0.2) is 0 Å². The van der Waals surface area contributed by atoms with E-state index in [2.05, 4.69) is 54.6 Å². The van der Waals surface area contributed by atoms with Crippen LogP contribution in [0.25, 0.3) is 10.8 Å². The molecule has 0 aliphatic heterocycles. The van der Waals surface area contributed by atoms with Crippen LogP contribution >= 0.6 is 0 Å². The Morgan fingerprint density at radius 2 is 1.81 bits per heavy atom. The van der Waals surface area contributed by atoms with E-state index < -0.39 is 0 Å². The zero-order valence-corrected chi connectivity index (χ0v) is 9.39. The molecule has 2 aromatic rings. The summed E-state index contributed by atoms with van der Waals surface area (Å²) < 4.78 is 0. The molecule has 1 atom stereocenters.